The van der Waals surface area contributed by atoms with Crippen LogP contribution in [0.4, 0.5) is 5.69 Å². The molecular weight excluding hydrogens is 324 g/mol. The molecule has 0 heterocycles. The summed E-state index contributed by atoms with van der Waals surface area (Å²) in [6.45, 7) is 4.16. The molecule has 0 aromatic heterocycles. The van der Waals surface area contributed by atoms with Gasteiger partial charge in [-0.15, -0.1) is 12.4 Å². The first-order chi connectivity index (χ1) is 9.61. The van der Waals surface area contributed by atoms with E-state index < -0.39 is 15.9 Å². The van der Waals surface area contributed by atoms with Crippen LogP contribution in [0.5, 0.6) is 0 Å². The molecule has 0 saturated carbocycles. The van der Waals surface area contributed by atoms with Crippen LogP contribution in [0.2, 0.25) is 0 Å². The van der Waals surface area contributed by atoms with Gasteiger partial charge in [-0.05, 0) is 30.0 Å². The first-order valence-corrected chi connectivity index (χ1v) is 8.98. The Morgan fingerprint density at radius 2 is 1.91 bits per heavy atom. The van der Waals surface area contributed by atoms with Crippen molar-refractivity contribution in [2.75, 3.05) is 24.0 Å². The number of hydrogen-bond donors (Lipinski definition) is 1. The van der Waals surface area contributed by atoms with E-state index in [2.05, 4.69) is 13.8 Å². The van der Waals surface area contributed by atoms with Crippen LogP contribution in [0, 0.1) is 0 Å². The van der Waals surface area contributed by atoms with Crippen LogP contribution in [0.1, 0.15) is 31.7 Å². The van der Waals surface area contributed by atoms with Gasteiger partial charge in [-0.1, -0.05) is 26.0 Å². The molecule has 1 amide bonds. The number of sulfone groups is 1. The molecular formula is C15H25ClN2O3S. The third kappa shape index (κ3) is 6.34. The van der Waals surface area contributed by atoms with Crippen molar-refractivity contribution in [1.82, 2.24) is 0 Å². The lowest BCUT2D eigenvalue weighted by Gasteiger charge is -2.22. The minimum atomic E-state index is -3.11. The van der Waals surface area contributed by atoms with Crippen LogP contribution >= 0.6 is 12.4 Å². The van der Waals surface area contributed by atoms with Gasteiger partial charge in [0.25, 0.3) is 0 Å². The number of hydrogen-bond acceptors (Lipinski definition) is 4. The molecule has 1 aromatic carbocycles. The maximum atomic E-state index is 12.2. The Balaban J connectivity index is 0.00000441. The second kappa shape index (κ2) is 8.50. The van der Waals surface area contributed by atoms with Crippen molar-refractivity contribution in [2.24, 2.45) is 5.73 Å². The maximum Gasteiger partial charge on any atom is 0.243 e. The lowest BCUT2D eigenvalue weighted by atomic mass is 10.0. The molecule has 7 heteroatoms. The number of amides is 1. The van der Waals surface area contributed by atoms with E-state index in [0.717, 1.165) is 17.5 Å². The Morgan fingerprint density at radius 1 is 1.32 bits per heavy atom. The number of anilines is 1. The van der Waals surface area contributed by atoms with E-state index >= 15 is 0 Å². The van der Waals surface area contributed by atoms with Crippen molar-refractivity contribution in [1.29, 1.82) is 0 Å². The van der Waals surface area contributed by atoms with Crippen LogP contribution in [-0.2, 0) is 14.6 Å². The van der Waals surface area contributed by atoms with Crippen molar-refractivity contribution in [3.8, 4) is 0 Å². The Morgan fingerprint density at radius 3 is 2.41 bits per heavy atom. The lowest BCUT2D eigenvalue weighted by molar-refractivity contribution is -0.119. The standard InChI is InChI=1S/C15H24N2O3S.ClH/c1-11(2)12-6-5-7-13(10-12)17(3)15(18)14(16)8-9-21(4,19)20;/h5-7,10-11,14H,8-9,16H2,1-4H3;1H. The summed E-state index contributed by atoms with van der Waals surface area (Å²) in [7, 11) is -1.46. The normalized spacial score (nSPS) is 12.6. The predicted molar refractivity (Wildman–Crippen MR) is 93.5 cm³/mol. The summed E-state index contributed by atoms with van der Waals surface area (Å²) < 4.78 is 22.3. The van der Waals surface area contributed by atoms with Crippen LogP contribution in [0.25, 0.3) is 0 Å². The average molecular weight is 349 g/mol. The van der Waals surface area contributed by atoms with E-state index in [9.17, 15) is 13.2 Å². The highest BCUT2D eigenvalue weighted by atomic mass is 35.5. The summed E-state index contributed by atoms with van der Waals surface area (Å²) in [6, 6.07) is 6.89. The number of nitrogens with zero attached hydrogens (tertiary/aromatic N) is 1. The number of rotatable bonds is 6. The highest BCUT2D eigenvalue weighted by Crippen LogP contribution is 2.21. The quantitative estimate of drug-likeness (QED) is 0.852. The average Bonchev–Trinajstić information content (AvgIpc) is 2.42. The van der Waals surface area contributed by atoms with E-state index in [1.807, 2.05) is 24.3 Å². The molecule has 5 nitrogen and oxygen atoms in total. The summed E-state index contributed by atoms with van der Waals surface area (Å²) in [5, 5.41) is 0. The van der Waals surface area contributed by atoms with Gasteiger partial charge in [0.05, 0.1) is 11.8 Å². The Bertz CT molecular complexity index is 603. The summed E-state index contributed by atoms with van der Waals surface area (Å²) in [5.41, 5.74) is 7.71. The number of likely N-dealkylation sites (N-methyl/N-ethyl adjacent to an activating group) is 1. The fourth-order valence-corrected chi connectivity index (χ4v) is 2.62. The zero-order valence-corrected chi connectivity index (χ0v) is 15.1. The highest BCUT2D eigenvalue weighted by Gasteiger charge is 2.21. The Hall–Kier alpha value is -1.11. The van der Waals surface area contributed by atoms with Gasteiger partial charge in [0.15, 0.2) is 0 Å². The zero-order chi connectivity index (χ0) is 16.2. The van der Waals surface area contributed by atoms with Crippen molar-refractivity contribution in [3.63, 3.8) is 0 Å². The van der Waals surface area contributed by atoms with Crippen LogP contribution in [-0.4, -0.2) is 39.4 Å². The molecule has 22 heavy (non-hydrogen) atoms. The number of carbonyl (C=O) groups is 1. The van der Waals surface area contributed by atoms with Gasteiger partial charge in [-0.25, -0.2) is 8.42 Å². The smallest absolute Gasteiger partial charge is 0.243 e. The van der Waals surface area contributed by atoms with Crippen molar-refractivity contribution >= 4 is 33.8 Å². The van der Waals surface area contributed by atoms with Crippen LogP contribution < -0.4 is 10.6 Å². The molecule has 1 unspecified atom stereocenters. The monoisotopic (exact) mass is 348 g/mol. The van der Waals surface area contributed by atoms with Gasteiger partial charge in [0.2, 0.25) is 5.91 Å². The zero-order valence-electron chi connectivity index (χ0n) is 13.4. The van der Waals surface area contributed by atoms with Crippen molar-refractivity contribution in [3.05, 3.63) is 29.8 Å². The lowest BCUT2D eigenvalue weighted by Crippen LogP contribution is -2.42. The van der Waals surface area contributed by atoms with Gasteiger partial charge in [-0.2, -0.15) is 0 Å². The molecule has 0 aliphatic carbocycles. The van der Waals surface area contributed by atoms with Gasteiger partial charge in [0.1, 0.15) is 9.84 Å². The molecule has 0 saturated heterocycles. The number of halogens is 1. The fraction of sp³-hybridized carbons (Fsp3) is 0.533. The minimum Gasteiger partial charge on any atom is -0.320 e. The Kier molecular flexibility index (Phi) is 8.07. The number of carbonyl (C=O) groups excluding carboxylic acids is 1. The highest BCUT2D eigenvalue weighted by molar-refractivity contribution is 7.90. The number of benzene rings is 1. The van der Waals surface area contributed by atoms with E-state index in [1.165, 1.54) is 4.90 Å². The second-order valence-corrected chi connectivity index (χ2v) is 7.93. The molecule has 0 spiro atoms. The summed E-state index contributed by atoms with van der Waals surface area (Å²) >= 11 is 0. The molecule has 1 rings (SSSR count). The predicted octanol–water partition coefficient (Wildman–Crippen LogP) is 1.96. The van der Waals surface area contributed by atoms with Crippen LogP contribution in [0.3, 0.4) is 0 Å². The first kappa shape index (κ1) is 20.9. The number of nitrogens with two attached hydrogens (primary N) is 1. The minimum absolute atomic E-state index is 0. The molecule has 0 radical (unpaired) electrons. The molecule has 0 fully saturated rings. The SMILES string of the molecule is CC(C)c1cccc(N(C)C(=O)C(N)CCS(C)(=O)=O)c1.Cl. The maximum absolute atomic E-state index is 12.2. The van der Waals surface area contributed by atoms with Gasteiger partial charge >= 0.3 is 0 Å². The van der Waals surface area contributed by atoms with E-state index in [1.54, 1.807) is 7.05 Å². The van der Waals surface area contributed by atoms with E-state index in [4.69, 9.17) is 5.73 Å². The van der Waals surface area contributed by atoms with Gasteiger partial charge in [-0.3, -0.25) is 4.79 Å². The summed E-state index contributed by atoms with van der Waals surface area (Å²) in [5.74, 6) is 0.00619. The summed E-state index contributed by atoms with van der Waals surface area (Å²) in [6.07, 6.45) is 1.27. The molecule has 0 aliphatic heterocycles. The third-order valence-electron chi connectivity index (χ3n) is 3.37. The molecule has 1 aromatic rings. The van der Waals surface area contributed by atoms with E-state index in [0.29, 0.717) is 5.92 Å². The molecule has 126 valence electrons. The largest absolute Gasteiger partial charge is 0.320 e. The fourth-order valence-electron chi connectivity index (χ4n) is 1.93. The molecule has 0 bridgehead atoms. The molecule has 2 N–H and O–H groups in total. The first-order valence-electron chi connectivity index (χ1n) is 6.92. The molecule has 1 atom stereocenters. The third-order valence-corrected chi connectivity index (χ3v) is 4.35. The molecule has 0 aliphatic rings. The summed E-state index contributed by atoms with van der Waals surface area (Å²) in [4.78, 5) is 13.7. The topological polar surface area (TPSA) is 80.5 Å². The van der Waals surface area contributed by atoms with Crippen molar-refractivity contribution < 1.29 is 13.2 Å². The Labute approximate surface area is 139 Å². The van der Waals surface area contributed by atoms with Crippen molar-refractivity contribution in [2.45, 2.75) is 32.2 Å². The second-order valence-electron chi connectivity index (χ2n) is 5.67. The van der Waals surface area contributed by atoms with Gasteiger partial charge in [0, 0.05) is 19.0 Å². The van der Waals surface area contributed by atoms with Crippen LogP contribution in [0.15, 0.2) is 24.3 Å². The van der Waals surface area contributed by atoms with E-state index in [-0.39, 0.29) is 30.5 Å². The van der Waals surface area contributed by atoms with Gasteiger partial charge < -0.3 is 10.6 Å².